The summed E-state index contributed by atoms with van der Waals surface area (Å²) in [5.74, 6) is 0.320. The molecule has 3 rings (SSSR count). The number of aliphatic hydroxyl groups is 1. The molecule has 1 saturated carbocycles. The maximum atomic E-state index is 12.4. The molecule has 1 saturated heterocycles. The molecule has 3 unspecified atom stereocenters. The predicted molar refractivity (Wildman–Crippen MR) is 68.0 cm³/mol. The fraction of sp³-hybridized carbons (Fsp3) is 0.636. The Morgan fingerprint density at radius 3 is 2.58 bits per heavy atom. The number of fused-ring (bicyclic) bond motifs is 1. The van der Waals surface area contributed by atoms with Crippen LogP contribution in [0.1, 0.15) is 12.8 Å². The molecule has 0 bridgehead atoms. The van der Waals surface area contributed by atoms with Crippen LogP contribution >= 0.6 is 11.6 Å². The van der Waals surface area contributed by atoms with Crippen molar-refractivity contribution in [2.24, 2.45) is 11.8 Å². The van der Waals surface area contributed by atoms with Crippen LogP contribution in [-0.4, -0.2) is 47.0 Å². The molecule has 1 aliphatic heterocycles. The van der Waals surface area contributed by atoms with Gasteiger partial charge >= 0.3 is 0 Å². The minimum atomic E-state index is -3.58. The van der Waals surface area contributed by atoms with E-state index in [0.717, 1.165) is 12.8 Å². The standard InChI is InChI=1S/C11H14ClN3O3S/c12-11-13-3-8(4-14-11)19(17,18)15-5-7-1-2-10(16)9(7)6-15/h3-4,7,9-10,16H,1-2,5-6H2. The molecule has 1 aromatic rings. The number of rotatable bonds is 2. The van der Waals surface area contributed by atoms with Crippen molar-refractivity contribution < 1.29 is 13.5 Å². The number of hydrogen-bond donors (Lipinski definition) is 1. The minimum Gasteiger partial charge on any atom is -0.393 e. The molecule has 2 aliphatic rings. The van der Waals surface area contributed by atoms with Crippen LogP contribution in [0.2, 0.25) is 5.28 Å². The quantitative estimate of drug-likeness (QED) is 0.805. The van der Waals surface area contributed by atoms with Crippen LogP contribution in [0.25, 0.3) is 0 Å². The zero-order chi connectivity index (χ0) is 13.6. The lowest BCUT2D eigenvalue weighted by Gasteiger charge is -2.17. The average Bonchev–Trinajstić information content (AvgIpc) is 2.93. The van der Waals surface area contributed by atoms with Gasteiger partial charge in [-0.15, -0.1) is 0 Å². The maximum absolute atomic E-state index is 12.4. The molecule has 104 valence electrons. The highest BCUT2D eigenvalue weighted by molar-refractivity contribution is 7.89. The molecule has 1 N–H and O–H groups in total. The SMILES string of the molecule is O=S(=O)(c1cnc(Cl)nc1)N1CC2CCC(O)C2C1. The van der Waals surface area contributed by atoms with Gasteiger partial charge in [0.2, 0.25) is 15.3 Å². The van der Waals surface area contributed by atoms with E-state index in [9.17, 15) is 13.5 Å². The van der Waals surface area contributed by atoms with E-state index in [1.807, 2.05) is 0 Å². The van der Waals surface area contributed by atoms with E-state index in [0.29, 0.717) is 13.1 Å². The third-order valence-electron chi connectivity index (χ3n) is 4.02. The zero-order valence-corrected chi connectivity index (χ0v) is 11.7. The molecule has 0 amide bonds. The summed E-state index contributed by atoms with van der Waals surface area (Å²) in [6, 6.07) is 0. The fourth-order valence-electron chi connectivity index (χ4n) is 2.97. The summed E-state index contributed by atoms with van der Waals surface area (Å²) in [6.07, 6.45) is 3.71. The smallest absolute Gasteiger partial charge is 0.246 e. The maximum Gasteiger partial charge on any atom is 0.246 e. The first-order valence-electron chi connectivity index (χ1n) is 6.14. The van der Waals surface area contributed by atoms with Crippen LogP contribution in [0.3, 0.4) is 0 Å². The van der Waals surface area contributed by atoms with Gasteiger partial charge in [-0.3, -0.25) is 0 Å². The number of aliphatic hydroxyl groups excluding tert-OH is 1. The van der Waals surface area contributed by atoms with Gasteiger partial charge in [0.1, 0.15) is 4.90 Å². The molecule has 8 heteroatoms. The summed E-state index contributed by atoms with van der Waals surface area (Å²) >= 11 is 5.55. The second-order valence-corrected chi connectivity index (χ2v) is 7.35. The van der Waals surface area contributed by atoms with Crippen molar-refractivity contribution in [2.75, 3.05) is 13.1 Å². The molecule has 19 heavy (non-hydrogen) atoms. The second kappa shape index (κ2) is 4.66. The van der Waals surface area contributed by atoms with E-state index in [-0.39, 0.29) is 28.1 Å². The molecule has 0 radical (unpaired) electrons. The van der Waals surface area contributed by atoms with Gasteiger partial charge in [0.25, 0.3) is 0 Å². The number of hydrogen-bond acceptors (Lipinski definition) is 5. The van der Waals surface area contributed by atoms with Gasteiger partial charge in [-0.1, -0.05) is 0 Å². The van der Waals surface area contributed by atoms with E-state index in [4.69, 9.17) is 11.6 Å². The van der Waals surface area contributed by atoms with Gasteiger partial charge in [-0.25, -0.2) is 18.4 Å². The topological polar surface area (TPSA) is 83.4 Å². The number of aromatic nitrogens is 2. The first kappa shape index (κ1) is 13.2. The molecule has 6 nitrogen and oxygen atoms in total. The van der Waals surface area contributed by atoms with Crippen LogP contribution < -0.4 is 0 Å². The summed E-state index contributed by atoms with van der Waals surface area (Å²) < 4.78 is 26.2. The summed E-state index contributed by atoms with van der Waals surface area (Å²) in [4.78, 5) is 7.45. The van der Waals surface area contributed by atoms with E-state index in [1.165, 1.54) is 16.7 Å². The van der Waals surface area contributed by atoms with Crippen LogP contribution in [0.15, 0.2) is 17.3 Å². The Morgan fingerprint density at radius 2 is 1.95 bits per heavy atom. The third-order valence-corrected chi connectivity index (χ3v) is 6.00. The average molecular weight is 304 g/mol. The Bertz CT molecular complexity index is 577. The van der Waals surface area contributed by atoms with E-state index in [2.05, 4.69) is 9.97 Å². The zero-order valence-electron chi connectivity index (χ0n) is 10.1. The van der Waals surface area contributed by atoms with Crippen LogP contribution in [0, 0.1) is 11.8 Å². The highest BCUT2D eigenvalue weighted by Gasteiger charge is 2.45. The first-order valence-corrected chi connectivity index (χ1v) is 7.96. The molecule has 2 fully saturated rings. The van der Waals surface area contributed by atoms with E-state index < -0.39 is 10.0 Å². The predicted octanol–water partition coefficient (Wildman–Crippen LogP) is 0.521. The van der Waals surface area contributed by atoms with Crippen molar-refractivity contribution in [3.05, 3.63) is 17.7 Å². The Hall–Kier alpha value is -0.760. The monoisotopic (exact) mass is 303 g/mol. The van der Waals surface area contributed by atoms with Crippen molar-refractivity contribution >= 4 is 21.6 Å². The van der Waals surface area contributed by atoms with E-state index >= 15 is 0 Å². The highest BCUT2D eigenvalue weighted by atomic mass is 35.5. The Balaban J connectivity index is 1.84. The number of sulfonamides is 1. The van der Waals surface area contributed by atoms with Gasteiger partial charge in [0.05, 0.1) is 18.5 Å². The number of halogens is 1. The van der Waals surface area contributed by atoms with Gasteiger partial charge in [-0.05, 0) is 30.4 Å². The van der Waals surface area contributed by atoms with E-state index in [1.54, 1.807) is 0 Å². The largest absolute Gasteiger partial charge is 0.393 e. The second-order valence-electron chi connectivity index (χ2n) is 5.08. The summed E-state index contributed by atoms with van der Waals surface area (Å²) in [5.41, 5.74) is 0. The van der Waals surface area contributed by atoms with Crippen LogP contribution in [0.5, 0.6) is 0 Å². The Kier molecular flexibility index (Phi) is 3.24. The van der Waals surface area contributed by atoms with Crippen molar-refractivity contribution in [2.45, 2.75) is 23.8 Å². The normalized spacial score (nSPS) is 31.6. The van der Waals surface area contributed by atoms with Crippen molar-refractivity contribution in [1.82, 2.24) is 14.3 Å². The van der Waals surface area contributed by atoms with Crippen molar-refractivity contribution in [1.29, 1.82) is 0 Å². The molecule has 0 aromatic carbocycles. The molecular formula is C11H14ClN3O3S. The highest BCUT2D eigenvalue weighted by Crippen LogP contribution is 2.39. The molecule has 2 heterocycles. The minimum absolute atomic E-state index is 0.0210. The lowest BCUT2D eigenvalue weighted by molar-refractivity contribution is 0.129. The van der Waals surface area contributed by atoms with Gasteiger partial charge in [0.15, 0.2) is 0 Å². The van der Waals surface area contributed by atoms with Crippen LogP contribution in [0.4, 0.5) is 0 Å². The molecule has 3 atom stereocenters. The molecule has 1 aliphatic carbocycles. The molecular weight excluding hydrogens is 290 g/mol. The van der Waals surface area contributed by atoms with Gasteiger partial charge in [0, 0.05) is 19.0 Å². The lowest BCUT2D eigenvalue weighted by atomic mass is 10.00. The summed E-state index contributed by atoms with van der Waals surface area (Å²) in [7, 11) is -3.58. The van der Waals surface area contributed by atoms with Gasteiger partial charge in [-0.2, -0.15) is 4.31 Å². The van der Waals surface area contributed by atoms with Gasteiger partial charge < -0.3 is 5.11 Å². The lowest BCUT2D eigenvalue weighted by Crippen LogP contribution is -2.31. The van der Waals surface area contributed by atoms with Crippen molar-refractivity contribution in [3.8, 4) is 0 Å². The Labute approximate surface area is 116 Å². The molecule has 1 aromatic heterocycles. The fourth-order valence-corrected chi connectivity index (χ4v) is 4.50. The van der Waals surface area contributed by atoms with Crippen molar-refractivity contribution in [3.63, 3.8) is 0 Å². The Morgan fingerprint density at radius 1 is 1.26 bits per heavy atom. The molecule has 0 spiro atoms. The van der Waals surface area contributed by atoms with Crippen LogP contribution in [-0.2, 0) is 10.0 Å². The summed E-state index contributed by atoms with van der Waals surface area (Å²) in [5, 5.41) is 9.85. The third kappa shape index (κ3) is 2.24. The first-order chi connectivity index (χ1) is 8.98. The summed E-state index contributed by atoms with van der Waals surface area (Å²) in [6.45, 7) is 0.837. The number of nitrogens with zero attached hydrogens (tertiary/aromatic N) is 3.